The second kappa shape index (κ2) is 5.00. The zero-order valence-corrected chi connectivity index (χ0v) is 11.2. The molecule has 9 heteroatoms. The minimum atomic E-state index is -3.03. The summed E-state index contributed by atoms with van der Waals surface area (Å²) >= 11 is 0. The van der Waals surface area contributed by atoms with Crippen LogP contribution in [0, 0.1) is 10.1 Å². The van der Waals surface area contributed by atoms with Crippen molar-refractivity contribution in [1.29, 1.82) is 0 Å². The number of rotatable bonds is 3. The Balaban J connectivity index is 2.35. The first-order valence-corrected chi connectivity index (χ1v) is 7.53. The zero-order chi connectivity index (χ0) is 14.0. The number of hydrogen-bond acceptors (Lipinski definition) is 7. The fourth-order valence-electron chi connectivity index (χ4n) is 1.88. The van der Waals surface area contributed by atoms with Gasteiger partial charge in [0.05, 0.1) is 16.4 Å². The topological polar surface area (TPSA) is 105 Å². The Bertz CT molecular complexity index is 588. The maximum atomic E-state index is 11.4. The minimum Gasteiger partial charge on any atom is -0.373 e. The summed E-state index contributed by atoms with van der Waals surface area (Å²) in [5, 5.41) is 13.8. The van der Waals surface area contributed by atoms with Crippen LogP contribution in [0.15, 0.2) is 12.1 Å². The van der Waals surface area contributed by atoms with Gasteiger partial charge in [-0.1, -0.05) is 0 Å². The van der Waals surface area contributed by atoms with Gasteiger partial charge in [-0.3, -0.25) is 10.1 Å². The number of nitrogens with zero attached hydrogens (tertiary/aromatic N) is 3. The van der Waals surface area contributed by atoms with Crippen LogP contribution < -0.4 is 10.2 Å². The van der Waals surface area contributed by atoms with Gasteiger partial charge in [-0.2, -0.15) is 0 Å². The molecule has 0 bridgehead atoms. The lowest BCUT2D eigenvalue weighted by Crippen LogP contribution is -2.41. The third kappa shape index (κ3) is 2.92. The van der Waals surface area contributed by atoms with Gasteiger partial charge in [0, 0.05) is 26.2 Å². The van der Waals surface area contributed by atoms with E-state index in [9.17, 15) is 18.5 Å². The van der Waals surface area contributed by atoms with Crippen molar-refractivity contribution in [2.75, 3.05) is 41.9 Å². The summed E-state index contributed by atoms with van der Waals surface area (Å²) < 4.78 is 22.8. The van der Waals surface area contributed by atoms with Gasteiger partial charge in [-0.05, 0) is 6.07 Å². The first-order valence-electron chi connectivity index (χ1n) is 5.71. The Morgan fingerprint density at radius 2 is 2.00 bits per heavy atom. The molecule has 2 heterocycles. The van der Waals surface area contributed by atoms with Crippen molar-refractivity contribution in [2.24, 2.45) is 0 Å². The van der Waals surface area contributed by atoms with Crippen molar-refractivity contribution in [1.82, 2.24) is 4.98 Å². The maximum Gasteiger partial charge on any atom is 0.311 e. The van der Waals surface area contributed by atoms with Crippen molar-refractivity contribution >= 4 is 27.2 Å². The van der Waals surface area contributed by atoms with E-state index in [1.54, 1.807) is 11.9 Å². The van der Waals surface area contributed by atoms with Gasteiger partial charge >= 0.3 is 5.69 Å². The summed E-state index contributed by atoms with van der Waals surface area (Å²) in [6, 6.07) is 2.89. The zero-order valence-electron chi connectivity index (χ0n) is 10.4. The molecule has 0 spiro atoms. The molecule has 1 aliphatic rings. The third-order valence-corrected chi connectivity index (χ3v) is 4.56. The van der Waals surface area contributed by atoms with E-state index in [1.165, 1.54) is 12.1 Å². The largest absolute Gasteiger partial charge is 0.373 e. The smallest absolute Gasteiger partial charge is 0.311 e. The van der Waals surface area contributed by atoms with Gasteiger partial charge < -0.3 is 10.2 Å². The Labute approximate surface area is 110 Å². The van der Waals surface area contributed by atoms with E-state index in [-0.39, 0.29) is 36.1 Å². The lowest BCUT2D eigenvalue weighted by molar-refractivity contribution is -0.384. The van der Waals surface area contributed by atoms with Crippen LogP contribution in [-0.2, 0) is 9.84 Å². The van der Waals surface area contributed by atoms with Crippen LogP contribution in [0.4, 0.5) is 17.3 Å². The highest BCUT2D eigenvalue weighted by atomic mass is 32.2. The molecule has 0 aliphatic carbocycles. The number of anilines is 2. The predicted octanol–water partition coefficient (Wildman–Crippen LogP) is 0.266. The first-order chi connectivity index (χ1) is 8.93. The minimum absolute atomic E-state index is 0.00435. The fraction of sp³-hybridized carbons (Fsp3) is 0.500. The highest BCUT2D eigenvalue weighted by molar-refractivity contribution is 7.91. The lowest BCUT2D eigenvalue weighted by Gasteiger charge is -2.27. The lowest BCUT2D eigenvalue weighted by atomic mass is 10.3. The molecule has 8 nitrogen and oxygen atoms in total. The number of hydrogen-bond donors (Lipinski definition) is 1. The number of pyridine rings is 1. The van der Waals surface area contributed by atoms with E-state index >= 15 is 0 Å². The molecule has 1 aromatic rings. The second-order valence-electron chi connectivity index (χ2n) is 4.19. The molecule has 1 saturated heterocycles. The summed E-state index contributed by atoms with van der Waals surface area (Å²) in [6.45, 7) is 0.451. The highest BCUT2D eigenvalue weighted by Gasteiger charge is 2.28. The van der Waals surface area contributed by atoms with E-state index in [4.69, 9.17) is 0 Å². The number of sulfone groups is 1. The highest BCUT2D eigenvalue weighted by Crippen LogP contribution is 2.28. The number of nitrogens with one attached hydrogen (secondary N) is 1. The summed E-state index contributed by atoms with van der Waals surface area (Å²) in [6.07, 6.45) is 0. The molecule has 1 aliphatic heterocycles. The molecule has 2 rings (SSSR count). The van der Waals surface area contributed by atoms with Crippen molar-refractivity contribution in [3.63, 3.8) is 0 Å². The van der Waals surface area contributed by atoms with Crippen molar-refractivity contribution < 1.29 is 13.3 Å². The molecule has 1 fully saturated rings. The van der Waals surface area contributed by atoms with Gasteiger partial charge in [0.2, 0.25) is 5.82 Å². The SMILES string of the molecule is CNc1ccc([N+](=O)[O-])c(N2CCS(=O)(=O)CC2)n1. The van der Waals surface area contributed by atoms with Crippen LogP contribution >= 0.6 is 0 Å². The summed E-state index contributed by atoms with van der Waals surface area (Å²) in [4.78, 5) is 16.3. The summed E-state index contributed by atoms with van der Waals surface area (Å²) in [7, 11) is -1.36. The van der Waals surface area contributed by atoms with E-state index in [0.29, 0.717) is 5.82 Å². The monoisotopic (exact) mass is 286 g/mol. The van der Waals surface area contributed by atoms with Gasteiger partial charge in [0.25, 0.3) is 0 Å². The second-order valence-corrected chi connectivity index (χ2v) is 6.49. The number of nitro groups is 1. The Morgan fingerprint density at radius 3 is 2.53 bits per heavy atom. The van der Waals surface area contributed by atoms with Crippen LogP contribution in [0.2, 0.25) is 0 Å². The Hall–Kier alpha value is -1.90. The fourth-order valence-corrected chi connectivity index (χ4v) is 3.08. The van der Waals surface area contributed by atoms with Crippen molar-refractivity contribution in [3.8, 4) is 0 Å². The molecule has 0 amide bonds. The van der Waals surface area contributed by atoms with E-state index < -0.39 is 14.8 Å². The molecular formula is C10H14N4O4S. The van der Waals surface area contributed by atoms with Gasteiger partial charge in [0.15, 0.2) is 9.84 Å². The first kappa shape index (κ1) is 13.5. The molecule has 0 saturated carbocycles. The van der Waals surface area contributed by atoms with Crippen molar-refractivity contribution in [2.45, 2.75) is 0 Å². The number of aromatic nitrogens is 1. The molecule has 0 radical (unpaired) electrons. The molecule has 0 atom stereocenters. The molecule has 104 valence electrons. The van der Waals surface area contributed by atoms with Crippen LogP contribution in [0.5, 0.6) is 0 Å². The molecule has 1 aromatic heterocycles. The maximum absolute atomic E-state index is 11.4. The van der Waals surface area contributed by atoms with Crippen LogP contribution in [0.25, 0.3) is 0 Å². The molecule has 1 N–H and O–H groups in total. The predicted molar refractivity (Wildman–Crippen MR) is 71.3 cm³/mol. The van der Waals surface area contributed by atoms with Gasteiger partial charge in [0.1, 0.15) is 5.82 Å². The van der Waals surface area contributed by atoms with E-state index in [1.807, 2.05) is 0 Å². The average molecular weight is 286 g/mol. The van der Waals surface area contributed by atoms with E-state index in [0.717, 1.165) is 0 Å². The molecule has 19 heavy (non-hydrogen) atoms. The summed E-state index contributed by atoms with van der Waals surface area (Å²) in [5.41, 5.74) is -0.113. The average Bonchev–Trinajstić information content (AvgIpc) is 2.38. The quantitative estimate of drug-likeness (QED) is 0.627. The van der Waals surface area contributed by atoms with Crippen molar-refractivity contribution in [3.05, 3.63) is 22.2 Å². The normalized spacial score (nSPS) is 18.1. The summed E-state index contributed by atoms with van der Waals surface area (Å²) in [5.74, 6) is 0.714. The molecule has 0 unspecified atom stereocenters. The standard InChI is InChI=1S/C10H14N4O4S/c1-11-9-3-2-8(14(15)16)10(12-9)13-4-6-19(17,18)7-5-13/h2-3H,4-7H2,1H3,(H,11,12). The molecule has 0 aromatic carbocycles. The van der Waals surface area contributed by atoms with Gasteiger partial charge in [-0.15, -0.1) is 0 Å². The Kier molecular flexibility index (Phi) is 3.56. The van der Waals surface area contributed by atoms with Crippen LogP contribution in [-0.4, -0.2) is 50.0 Å². The van der Waals surface area contributed by atoms with E-state index in [2.05, 4.69) is 10.3 Å². The van der Waals surface area contributed by atoms with Gasteiger partial charge in [-0.25, -0.2) is 13.4 Å². The van der Waals surface area contributed by atoms with Crippen LogP contribution in [0.1, 0.15) is 0 Å². The third-order valence-electron chi connectivity index (χ3n) is 2.95. The molecular weight excluding hydrogens is 272 g/mol. The Morgan fingerprint density at radius 1 is 1.37 bits per heavy atom. The van der Waals surface area contributed by atoms with Crippen LogP contribution in [0.3, 0.4) is 0 Å².